The number of amides is 1. The highest BCUT2D eigenvalue weighted by Crippen LogP contribution is 2.45. The summed E-state index contributed by atoms with van der Waals surface area (Å²) in [7, 11) is 1.94. The lowest BCUT2D eigenvalue weighted by Crippen LogP contribution is -2.28. The minimum atomic E-state index is -0.180. The van der Waals surface area contributed by atoms with Crippen LogP contribution in [-0.2, 0) is 4.79 Å². The Labute approximate surface area is 199 Å². The first-order valence-electron chi connectivity index (χ1n) is 11.4. The van der Waals surface area contributed by atoms with Gasteiger partial charge in [-0.15, -0.1) is 0 Å². The van der Waals surface area contributed by atoms with Crippen LogP contribution < -0.4 is 16.0 Å². The lowest BCUT2D eigenvalue weighted by Gasteiger charge is -2.25. The number of hydrogen-bond acceptors (Lipinski definition) is 5. The number of benzene rings is 2. The van der Waals surface area contributed by atoms with Crippen molar-refractivity contribution < 1.29 is 4.79 Å². The van der Waals surface area contributed by atoms with E-state index in [0.29, 0.717) is 11.5 Å². The van der Waals surface area contributed by atoms with Crippen LogP contribution in [0.1, 0.15) is 24.8 Å². The maximum atomic E-state index is 13.1. The van der Waals surface area contributed by atoms with Gasteiger partial charge in [-0.05, 0) is 55.0 Å². The Morgan fingerprint density at radius 2 is 1.88 bits per heavy atom. The number of carbonyl (C=O) groups excluding carboxylic acids is 1. The lowest BCUT2D eigenvalue weighted by atomic mass is 10.0. The van der Waals surface area contributed by atoms with E-state index in [2.05, 4.69) is 10.2 Å². The molecule has 0 unspecified atom stereocenters. The van der Waals surface area contributed by atoms with Crippen LogP contribution in [0.25, 0.3) is 5.57 Å². The number of anilines is 2. The first-order valence-corrected chi connectivity index (χ1v) is 11.8. The minimum Gasteiger partial charge on any atom is -0.368 e. The number of nitrogens with two attached hydrogens (primary N) is 1. The van der Waals surface area contributed by atoms with Gasteiger partial charge in [0.25, 0.3) is 5.91 Å². The van der Waals surface area contributed by atoms with Crippen molar-refractivity contribution in [3.8, 4) is 0 Å². The molecule has 1 atom stereocenters. The van der Waals surface area contributed by atoms with Gasteiger partial charge in [-0.1, -0.05) is 35.9 Å². The second kappa shape index (κ2) is 9.04. The smallest absolute Gasteiger partial charge is 0.258 e. The molecule has 1 amide bonds. The molecule has 0 bridgehead atoms. The largest absolute Gasteiger partial charge is 0.368 e. The molecule has 1 saturated carbocycles. The molecule has 3 N–H and O–H groups in total. The van der Waals surface area contributed by atoms with E-state index in [1.54, 1.807) is 6.21 Å². The number of halogens is 1. The molecule has 0 aromatic heterocycles. The van der Waals surface area contributed by atoms with Crippen LogP contribution in [0.4, 0.5) is 11.4 Å². The van der Waals surface area contributed by atoms with E-state index < -0.39 is 0 Å². The Kier molecular flexibility index (Phi) is 5.96. The summed E-state index contributed by atoms with van der Waals surface area (Å²) >= 11 is 6.09. The van der Waals surface area contributed by atoms with Gasteiger partial charge in [0.05, 0.1) is 16.9 Å². The topological polar surface area (TPSA) is 74.0 Å². The summed E-state index contributed by atoms with van der Waals surface area (Å²) in [5, 5.41) is 3.79. The molecule has 1 aliphatic carbocycles. The van der Waals surface area contributed by atoms with E-state index in [9.17, 15) is 4.79 Å². The van der Waals surface area contributed by atoms with Crippen LogP contribution in [0.15, 0.2) is 71.1 Å². The third kappa shape index (κ3) is 4.68. The third-order valence-corrected chi connectivity index (χ3v) is 6.61. The predicted molar refractivity (Wildman–Crippen MR) is 135 cm³/mol. The normalized spacial score (nSPS) is 21.8. The number of allylic oxidation sites excluding steroid dienone is 1. The first kappa shape index (κ1) is 21.7. The molecular formula is C26H28ClN5O. The average Bonchev–Trinajstić information content (AvgIpc) is 3.56. The number of rotatable bonds is 5. The van der Waals surface area contributed by atoms with Gasteiger partial charge >= 0.3 is 0 Å². The molecule has 0 spiro atoms. The molecule has 3 aliphatic rings. The highest BCUT2D eigenvalue weighted by atomic mass is 35.5. The van der Waals surface area contributed by atoms with Crippen molar-refractivity contribution in [2.45, 2.75) is 25.3 Å². The molecule has 2 heterocycles. The fourth-order valence-corrected chi connectivity index (χ4v) is 4.63. The van der Waals surface area contributed by atoms with Gasteiger partial charge in [0.2, 0.25) is 0 Å². The zero-order chi connectivity index (χ0) is 22.9. The van der Waals surface area contributed by atoms with Crippen LogP contribution in [0.3, 0.4) is 0 Å². The van der Waals surface area contributed by atoms with Crippen LogP contribution >= 0.6 is 11.6 Å². The monoisotopic (exact) mass is 461 g/mol. The van der Waals surface area contributed by atoms with E-state index in [0.717, 1.165) is 60.1 Å². The van der Waals surface area contributed by atoms with Crippen molar-refractivity contribution in [2.24, 2.45) is 16.6 Å². The zero-order valence-electron chi connectivity index (χ0n) is 18.7. The molecule has 2 aliphatic heterocycles. The van der Waals surface area contributed by atoms with Crippen molar-refractivity contribution >= 4 is 40.7 Å². The average molecular weight is 462 g/mol. The van der Waals surface area contributed by atoms with E-state index in [1.165, 1.54) is 5.57 Å². The molecule has 2 aromatic carbocycles. The second-order valence-electron chi connectivity index (χ2n) is 8.94. The maximum absolute atomic E-state index is 13.1. The van der Waals surface area contributed by atoms with Gasteiger partial charge in [0, 0.05) is 49.2 Å². The van der Waals surface area contributed by atoms with Crippen molar-refractivity contribution in [1.82, 2.24) is 4.90 Å². The van der Waals surface area contributed by atoms with Crippen molar-refractivity contribution in [3.05, 3.63) is 76.7 Å². The van der Waals surface area contributed by atoms with Crippen molar-refractivity contribution in [3.63, 3.8) is 0 Å². The molecule has 0 radical (unpaired) electrons. The Morgan fingerprint density at radius 1 is 1.12 bits per heavy atom. The summed E-state index contributed by atoms with van der Waals surface area (Å²) in [6.45, 7) is 1.69. The van der Waals surface area contributed by atoms with Crippen LogP contribution in [0.2, 0.25) is 5.02 Å². The quantitative estimate of drug-likeness (QED) is 0.687. The summed E-state index contributed by atoms with van der Waals surface area (Å²) in [5.74, 6) is 1.19. The van der Waals surface area contributed by atoms with Crippen LogP contribution in [-0.4, -0.2) is 43.2 Å². The lowest BCUT2D eigenvalue weighted by molar-refractivity contribution is -0.112. The van der Waals surface area contributed by atoms with Crippen LogP contribution in [0.5, 0.6) is 0 Å². The Morgan fingerprint density at radius 3 is 2.55 bits per heavy atom. The molecular weight excluding hydrogens is 434 g/mol. The number of hydrogen-bond donors (Lipinski definition) is 2. The number of aliphatic imine (C=N–C) groups is 1. The Balaban J connectivity index is 1.37. The summed E-state index contributed by atoms with van der Waals surface area (Å²) in [5.41, 5.74) is 10.7. The zero-order valence-corrected chi connectivity index (χ0v) is 19.4. The Hall–Kier alpha value is -3.09. The maximum Gasteiger partial charge on any atom is 0.258 e. The number of carbonyl (C=O) groups is 1. The second-order valence-corrected chi connectivity index (χ2v) is 9.37. The Bertz CT molecular complexity index is 1150. The summed E-state index contributed by atoms with van der Waals surface area (Å²) < 4.78 is 0. The molecule has 7 heteroatoms. The minimum absolute atomic E-state index is 0.169. The number of para-hydroxylation sites is 2. The third-order valence-electron chi connectivity index (χ3n) is 6.35. The molecule has 2 aromatic rings. The van der Waals surface area contributed by atoms with Gasteiger partial charge in [0.15, 0.2) is 0 Å². The van der Waals surface area contributed by atoms with Crippen LogP contribution in [0, 0.1) is 5.92 Å². The molecule has 170 valence electrons. The fourth-order valence-electron chi connectivity index (χ4n) is 4.51. The highest BCUT2D eigenvalue weighted by Gasteiger charge is 2.32. The standard InChI is InChI=1S/C26H28ClN5O/c1-31-15-19(14-29-25(31)24(17-6-7-17)18-8-10-20(27)11-9-18)26(33)30-22-4-2-3-5-23(22)32-13-12-21(28)16-32/h2-5,8-11,14-15,17,21H,6-7,12-13,16,28H2,1H3,(H,30,33)/b25-24+/t21-/m1/s1. The SMILES string of the molecule is CN1C=C(C(=O)Nc2ccccc2N2CC[C@@H](N)C2)C=N/C1=C(\c1ccc(Cl)cc1)C1CC1. The van der Waals surface area contributed by atoms with Crippen molar-refractivity contribution in [2.75, 3.05) is 30.4 Å². The number of nitrogens with one attached hydrogen (secondary N) is 1. The predicted octanol–water partition coefficient (Wildman–Crippen LogP) is 4.49. The fraction of sp³-hybridized carbons (Fsp3) is 0.308. The van der Waals surface area contributed by atoms with E-state index in [1.807, 2.05) is 66.7 Å². The molecule has 2 fully saturated rings. The number of nitrogens with zero attached hydrogens (tertiary/aromatic N) is 3. The molecule has 6 nitrogen and oxygen atoms in total. The van der Waals surface area contributed by atoms with Crippen molar-refractivity contribution in [1.29, 1.82) is 0 Å². The molecule has 1 saturated heterocycles. The van der Waals surface area contributed by atoms with Gasteiger partial charge in [-0.25, -0.2) is 4.99 Å². The summed E-state index contributed by atoms with van der Waals surface area (Å²) in [6, 6.07) is 15.9. The first-order chi connectivity index (χ1) is 16.0. The molecule has 5 rings (SSSR count). The summed E-state index contributed by atoms with van der Waals surface area (Å²) in [4.78, 5) is 22.0. The van der Waals surface area contributed by atoms with Gasteiger partial charge in [0.1, 0.15) is 5.82 Å². The van der Waals surface area contributed by atoms with Gasteiger partial charge < -0.3 is 20.9 Å². The molecule has 33 heavy (non-hydrogen) atoms. The summed E-state index contributed by atoms with van der Waals surface area (Å²) in [6.07, 6.45) is 6.77. The van der Waals surface area contributed by atoms with Gasteiger partial charge in [-0.3, -0.25) is 4.79 Å². The van der Waals surface area contributed by atoms with Gasteiger partial charge in [-0.2, -0.15) is 0 Å². The van der Waals surface area contributed by atoms with E-state index in [-0.39, 0.29) is 11.9 Å². The van der Waals surface area contributed by atoms with E-state index >= 15 is 0 Å². The van der Waals surface area contributed by atoms with E-state index in [4.69, 9.17) is 22.3 Å². The highest BCUT2D eigenvalue weighted by molar-refractivity contribution is 6.30.